The van der Waals surface area contributed by atoms with E-state index in [0.717, 1.165) is 6.20 Å². The molecule has 1 heterocycles. The van der Waals surface area contributed by atoms with E-state index in [2.05, 4.69) is 20.6 Å². The van der Waals surface area contributed by atoms with Crippen LogP contribution in [-0.4, -0.2) is 38.2 Å². The van der Waals surface area contributed by atoms with Crippen molar-refractivity contribution in [3.05, 3.63) is 21.6 Å². The summed E-state index contributed by atoms with van der Waals surface area (Å²) in [4.78, 5) is 28.3. The Bertz CT molecular complexity index is 547. The SMILES string of the molecule is O=C(O)N[C@H]1CC[C@H](Nc2nc(Cl)ncc2[N+](=O)[O-])CC1. The van der Waals surface area contributed by atoms with Crippen molar-refractivity contribution in [1.82, 2.24) is 15.3 Å². The summed E-state index contributed by atoms with van der Waals surface area (Å²) in [6.07, 6.45) is 2.72. The summed E-state index contributed by atoms with van der Waals surface area (Å²) in [7, 11) is 0. The summed E-state index contributed by atoms with van der Waals surface area (Å²) in [5.74, 6) is 0.0923. The largest absolute Gasteiger partial charge is 0.465 e. The first-order chi connectivity index (χ1) is 9.95. The van der Waals surface area contributed by atoms with Gasteiger partial charge in [-0.25, -0.2) is 9.78 Å². The molecule has 1 amide bonds. The Morgan fingerprint density at radius 1 is 1.38 bits per heavy atom. The number of hydrogen-bond donors (Lipinski definition) is 3. The van der Waals surface area contributed by atoms with Gasteiger partial charge in [-0.2, -0.15) is 4.98 Å². The van der Waals surface area contributed by atoms with E-state index >= 15 is 0 Å². The number of carboxylic acid groups (broad SMARTS) is 1. The summed E-state index contributed by atoms with van der Waals surface area (Å²) < 4.78 is 0. The highest BCUT2D eigenvalue weighted by atomic mass is 35.5. The van der Waals surface area contributed by atoms with Crippen LogP contribution in [0.1, 0.15) is 25.7 Å². The maximum Gasteiger partial charge on any atom is 0.404 e. The third-order valence-corrected chi connectivity index (χ3v) is 3.51. The van der Waals surface area contributed by atoms with Gasteiger partial charge in [0.1, 0.15) is 6.20 Å². The molecule has 0 unspecified atom stereocenters. The minimum absolute atomic E-state index is 0.0125. The molecule has 0 saturated heterocycles. The molecule has 0 aliphatic heterocycles. The van der Waals surface area contributed by atoms with Gasteiger partial charge in [-0.1, -0.05) is 0 Å². The van der Waals surface area contributed by atoms with Gasteiger partial charge in [-0.15, -0.1) is 0 Å². The summed E-state index contributed by atoms with van der Waals surface area (Å²) in [6, 6.07) is -0.0916. The van der Waals surface area contributed by atoms with E-state index in [1.807, 2.05) is 0 Å². The number of hydrogen-bond acceptors (Lipinski definition) is 6. The van der Waals surface area contributed by atoms with Gasteiger partial charge < -0.3 is 15.7 Å². The van der Waals surface area contributed by atoms with Crippen molar-refractivity contribution >= 4 is 29.2 Å². The van der Waals surface area contributed by atoms with Crippen LogP contribution in [0.2, 0.25) is 5.28 Å². The van der Waals surface area contributed by atoms with Crippen molar-refractivity contribution in [2.45, 2.75) is 37.8 Å². The minimum atomic E-state index is -1.04. The fourth-order valence-corrected chi connectivity index (χ4v) is 2.48. The van der Waals surface area contributed by atoms with E-state index in [9.17, 15) is 14.9 Å². The molecule has 0 aromatic carbocycles. The van der Waals surface area contributed by atoms with E-state index in [-0.39, 0.29) is 28.9 Å². The molecule has 2 rings (SSSR count). The Balaban J connectivity index is 1.99. The van der Waals surface area contributed by atoms with Crippen molar-refractivity contribution in [1.29, 1.82) is 0 Å². The van der Waals surface area contributed by atoms with Crippen LogP contribution >= 0.6 is 11.6 Å². The maximum atomic E-state index is 10.9. The predicted molar refractivity (Wildman–Crippen MR) is 74.5 cm³/mol. The Kier molecular flexibility index (Phi) is 4.73. The van der Waals surface area contributed by atoms with Gasteiger partial charge in [0.05, 0.1) is 4.92 Å². The summed E-state index contributed by atoms with van der Waals surface area (Å²) in [6.45, 7) is 0. The third kappa shape index (κ3) is 4.15. The molecule has 1 saturated carbocycles. The molecule has 1 aliphatic rings. The van der Waals surface area contributed by atoms with Crippen LogP contribution in [-0.2, 0) is 0 Å². The van der Waals surface area contributed by atoms with E-state index in [1.54, 1.807) is 0 Å². The van der Waals surface area contributed by atoms with Gasteiger partial charge in [0.2, 0.25) is 11.1 Å². The maximum absolute atomic E-state index is 10.9. The van der Waals surface area contributed by atoms with E-state index < -0.39 is 11.0 Å². The number of nitro groups is 1. The second-order valence-corrected chi connectivity index (χ2v) is 5.11. The van der Waals surface area contributed by atoms with Crippen molar-refractivity contribution < 1.29 is 14.8 Å². The van der Waals surface area contributed by atoms with Gasteiger partial charge in [0.25, 0.3) is 0 Å². The molecule has 3 N–H and O–H groups in total. The number of amides is 1. The normalized spacial score (nSPS) is 21.6. The number of anilines is 1. The zero-order chi connectivity index (χ0) is 15.4. The fourth-order valence-electron chi connectivity index (χ4n) is 2.34. The van der Waals surface area contributed by atoms with Gasteiger partial charge in [-0.05, 0) is 37.3 Å². The Hall–Kier alpha value is -2.16. The summed E-state index contributed by atoms with van der Waals surface area (Å²) in [5.41, 5.74) is -0.231. The summed E-state index contributed by atoms with van der Waals surface area (Å²) in [5, 5.41) is 24.9. The third-order valence-electron chi connectivity index (χ3n) is 3.33. The lowest BCUT2D eigenvalue weighted by Gasteiger charge is -2.29. The van der Waals surface area contributed by atoms with Crippen LogP contribution < -0.4 is 10.6 Å². The van der Waals surface area contributed by atoms with E-state index in [4.69, 9.17) is 16.7 Å². The van der Waals surface area contributed by atoms with Gasteiger partial charge >= 0.3 is 11.8 Å². The molecular weight excluding hydrogens is 302 g/mol. The minimum Gasteiger partial charge on any atom is -0.465 e. The zero-order valence-corrected chi connectivity index (χ0v) is 11.7. The van der Waals surface area contributed by atoms with E-state index in [0.29, 0.717) is 25.7 Å². The molecule has 1 aromatic heterocycles. The van der Waals surface area contributed by atoms with Crippen LogP contribution in [0.3, 0.4) is 0 Å². The first kappa shape index (κ1) is 15.2. The predicted octanol–water partition coefficient (Wildman–Crippen LogP) is 2.03. The van der Waals surface area contributed by atoms with Gasteiger partial charge in [-0.3, -0.25) is 10.1 Å². The number of aromatic nitrogens is 2. The monoisotopic (exact) mass is 315 g/mol. The second-order valence-electron chi connectivity index (χ2n) is 4.77. The highest BCUT2D eigenvalue weighted by Gasteiger charge is 2.25. The molecule has 21 heavy (non-hydrogen) atoms. The van der Waals surface area contributed by atoms with E-state index in [1.165, 1.54) is 0 Å². The molecule has 1 aliphatic carbocycles. The molecule has 114 valence electrons. The molecule has 1 aromatic rings. The first-order valence-electron chi connectivity index (χ1n) is 6.38. The number of nitrogens with zero attached hydrogens (tertiary/aromatic N) is 3. The summed E-state index contributed by atoms with van der Waals surface area (Å²) >= 11 is 5.66. The molecule has 0 spiro atoms. The quantitative estimate of drug-likeness (QED) is 0.440. The first-order valence-corrected chi connectivity index (χ1v) is 6.76. The number of carbonyl (C=O) groups is 1. The van der Waals surface area contributed by atoms with Gasteiger partial charge in [0, 0.05) is 12.1 Å². The van der Waals surface area contributed by atoms with Crippen molar-refractivity contribution in [2.24, 2.45) is 0 Å². The van der Waals surface area contributed by atoms with Crippen LogP contribution in [0, 0.1) is 10.1 Å². The molecule has 0 bridgehead atoms. The molecule has 9 nitrogen and oxygen atoms in total. The van der Waals surface area contributed by atoms with Crippen LogP contribution in [0.5, 0.6) is 0 Å². The Morgan fingerprint density at radius 3 is 2.57 bits per heavy atom. The molecule has 10 heteroatoms. The molecule has 0 atom stereocenters. The topological polar surface area (TPSA) is 130 Å². The van der Waals surface area contributed by atoms with Crippen LogP contribution in [0.15, 0.2) is 6.20 Å². The number of halogens is 1. The smallest absolute Gasteiger partial charge is 0.404 e. The standard InChI is InChI=1S/C11H14ClN5O4/c12-10-13-5-8(17(20)21)9(16-10)14-6-1-3-7(4-2-6)15-11(18)19/h5-7,15H,1-4H2,(H,18,19)(H,13,14,16)/t6-,7-. The lowest BCUT2D eigenvalue weighted by molar-refractivity contribution is -0.384. The highest BCUT2D eigenvalue weighted by Crippen LogP contribution is 2.27. The Labute approximate surface area is 124 Å². The van der Waals surface area contributed by atoms with Crippen molar-refractivity contribution in [3.63, 3.8) is 0 Å². The number of rotatable bonds is 4. The van der Waals surface area contributed by atoms with Crippen LogP contribution in [0.25, 0.3) is 0 Å². The van der Waals surface area contributed by atoms with Crippen molar-refractivity contribution in [3.8, 4) is 0 Å². The molecule has 1 fully saturated rings. The number of nitrogens with one attached hydrogen (secondary N) is 2. The van der Waals surface area contributed by atoms with Crippen LogP contribution in [0.4, 0.5) is 16.3 Å². The average Bonchev–Trinajstić information content (AvgIpc) is 2.40. The lowest BCUT2D eigenvalue weighted by atomic mass is 9.91. The highest BCUT2D eigenvalue weighted by molar-refractivity contribution is 6.28. The Morgan fingerprint density at radius 2 is 2.00 bits per heavy atom. The zero-order valence-electron chi connectivity index (χ0n) is 11.0. The molecule has 0 radical (unpaired) electrons. The average molecular weight is 316 g/mol. The van der Waals surface area contributed by atoms with Crippen molar-refractivity contribution in [2.75, 3.05) is 5.32 Å². The fraction of sp³-hybridized carbons (Fsp3) is 0.545. The molecular formula is C11H14ClN5O4. The van der Waals surface area contributed by atoms with Gasteiger partial charge in [0.15, 0.2) is 0 Å². The lowest BCUT2D eigenvalue weighted by Crippen LogP contribution is -2.39. The second kappa shape index (κ2) is 6.53.